The molecule has 0 aromatic heterocycles. The Morgan fingerprint density at radius 1 is 1.10 bits per heavy atom. The van der Waals surface area contributed by atoms with Crippen molar-refractivity contribution in [2.24, 2.45) is 11.3 Å². The van der Waals surface area contributed by atoms with Gasteiger partial charge in [0, 0.05) is 31.1 Å². The zero-order chi connectivity index (χ0) is 22.9. The fraction of sp³-hybridized carbons (Fsp3) is 0.609. The van der Waals surface area contributed by atoms with Crippen LogP contribution in [-0.4, -0.2) is 79.0 Å². The topological polar surface area (TPSA) is 79.4 Å². The summed E-state index contributed by atoms with van der Waals surface area (Å²) >= 11 is 0. The van der Waals surface area contributed by atoms with Crippen LogP contribution in [-0.2, 0) is 16.0 Å². The lowest BCUT2D eigenvalue weighted by atomic mass is 9.92. The Morgan fingerprint density at radius 3 is 2.26 bits per heavy atom. The number of urea groups is 1. The van der Waals surface area contributed by atoms with Gasteiger partial charge in [-0.25, -0.2) is 4.79 Å². The van der Waals surface area contributed by atoms with Gasteiger partial charge in [0.25, 0.3) is 5.91 Å². The number of rotatable bonds is 6. The van der Waals surface area contributed by atoms with Crippen LogP contribution in [0.25, 0.3) is 0 Å². The average Bonchev–Trinajstić information content (AvgIpc) is 2.83. The van der Waals surface area contributed by atoms with Crippen molar-refractivity contribution in [2.45, 2.75) is 40.2 Å². The lowest BCUT2D eigenvalue weighted by Crippen LogP contribution is -2.44. The molecule has 1 aromatic rings. The summed E-state index contributed by atoms with van der Waals surface area (Å²) in [5.74, 6) is 1.12. The molecule has 0 radical (unpaired) electrons. The lowest BCUT2D eigenvalue weighted by molar-refractivity contribution is -0.133. The Bertz CT molecular complexity index is 845. The van der Waals surface area contributed by atoms with E-state index in [1.165, 1.54) is 4.90 Å². The van der Waals surface area contributed by atoms with E-state index in [0.717, 1.165) is 5.56 Å². The fourth-order valence-corrected chi connectivity index (χ4v) is 4.33. The van der Waals surface area contributed by atoms with Gasteiger partial charge in [-0.15, -0.1) is 0 Å². The van der Waals surface area contributed by atoms with Crippen LogP contribution in [0.1, 0.15) is 33.3 Å². The number of imide groups is 1. The predicted octanol–water partition coefficient (Wildman–Crippen LogP) is 2.40. The molecule has 1 unspecified atom stereocenters. The minimum atomic E-state index is -0.628. The van der Waals surface area contributed by atoms with E-state index in [9.17, 15) is 14.4 Å². The molecule has 2 aliphatic rings. The molecule has 2 saturated heterocycles. The van der Waals surface area contributed by atoms with E-state index >= 15 is 0 Å². The normalized spacial score (nSPS) is 20.7. The molecule has 0 N–H and O–H groups in total. The van der Waals surface area contributed by atoms with Crippen molar-refractivity contribution in [3.05, 3.63) is 23.8 Å². The highest BCUT2D eigenvalue weighted by molar-refractivity contribution is 6.04. The van der Waals surface area contributed by atoms with E-state index in [1.54, 1.807) is 30.1 Å². The second-order valence-electron chi connectivity index (χ2n) is 9.61. The van der Waals surface area contributed by atoms with Gasteiger partial charge in [0.2, 0.25) is 5.91 Å². The molecular formula is C23H33N3O5. The smallest absolute Gasteiger partial charge is 0.327 e. The summed E-state index contributed by atoms with van der Waals surface area (Å²) in [6.07, 6.45) is 0.161. The molecule has 2 fully saturated rings. The maximum absolute atomic E-state index is 13.3. The van der Waals surface area contributed by atoms with Crippen LogP contribution in [0.3, 0.4) is 0 Å². The number of carbonyl (C=O) groups is 3. The number of ether oxygens (including phenoxy) is 2. The van der Waals surface area contributed by atoms with Gasteiger partial charge in [-0.1, -0.05) is 27.7 Å². The first-order valence-corrected chi connectivity index (χ1v) is 10.7. The molecule has 4 amide bonds. The van der Waals surface area contributed by atoms with E-state index in [1.807, 2.05) is 39.8 Å². The number of carbonyl (C=O) groups excluding carboxylic acids is 3. The largest absolute Gasteiger partial charge is 0.497 e. The molecule has 3 rings (SSSR count). The van der Waals surface area contributed by atoms with E-state index in [2.05, 4.69) is 0 Å². The number of amides is 4. The van der Waals surface area contributed by atoms with Crippen molar-refractivity contribution in [2.75, 3.05) is 40.4 Å². The highest BCUT2D eigenvalue weighted by Crippen LogP contribution is 2.31. The van der Waals surface area contributed by atoms with Gasteiger partial charge in [0.15, 0.2) is 0 Å². The molecule has 0 aliphatic carbocycles. The summed E-state index contributed by atoms with van der Waals surface area (Å²) < 4.78 is 10.6. The number of hydrogen-bond acceptors (Lipinski definition) is 5. The van der Waals surface area contributed by atoms with E-state index in [0.29, 0.717) is 31.1 Å². The minimum Gasteiger partial charge on any atom is -0.497 e. The summed E-state index contributed by atoms with van der Waals surface area (Å²) in [6, 6.07) is 4.50. The zero-order valence-corrected chi connectivity index (χ0v) is 19.3. The Morgan fingerprint density at radius 2 is 1.71 bits per heavy atom. The third kappa shape index (κ3) is 4.94. The van der Waals surface area contributed by atoms with Crippen molar-refractivity contribution in [3.8, 4) is 11.5 Å². The van der Waals surface area contributed by atoms with Crippen molar-refractivity contribution >= 4 is 17.8 Å². The summed E-state index contributed by atoms with van der Waals surface area (Å²) in [5.41, 5.74) is 0.440. The Balaban J connectivity index is 1.83. The molecule has 31 heavy (non-hydrogen) atoms. The first-order chi connectivity index (χ1) is 14.5. The van der Waals surface area contributed by atoms with Crippen molar-refractivity contribution < 1.29 is 23.9 Å². The van der Waals surface area contributed by atoms with Gasteiger partial charge >= 0.3 is 6.03 Å². The van der Waals surface area contributed by atoms with Crippen LogP contribution in [0.15, 0.2) is 18.2 Å². The molecule has 0 bridgehead atoms. The van der Waals surface area contributed by atoms with Crippen LogP contribution in [0.5, 0.6) is 11.5 Å². The molecular weight excluding hydrogens is 398 g/mol. The van der Waals surface area contributed by atoms with E-state index < -0.39 is 6.04 Å². The van der Waals surface area contributed by atoms with Crippen LogP contribution < -0.4 is 9.47 Å². The van der Waals surface area contributed by atoms with Crippen molar-refractivity contribution in [1.82, 2.24) is 14.7 Å². The second kappa shape index (κ2) is 8.77. The van der Waals surface area contributed by atoms with Gasteiger partial charge in [-0.05, 0) is 23.6 Å². The molecule has 1 aromatic carbocycles. The summed E-state index contributed by atoms with van der Waals surface area (Å²) in [6.45, 7) is 9.52. The quantitative estimate of drug-likeness (QED) is 0.647. The zero-order valence-electron chi connectivity index (χ0n) is 19.3. The predicted molar refractivity (Wildman–Crippen MR) is 116 cm³/mol. The van der Waals surface area contributed by atoms with Gasteiger partial charge in [-0.2, -0.15) is 0 Å². The van der Waals surface area contributed by atoms with Gasteiger partial charge in [0.05, 0.1) is 27.2 Å². The molecule has 1 atom stereocenters. The maximum atomic E-state index is 13.3. The fourth-order valence-electron chi connectivity index (χ4n) is 4.33. The Hall–Kier alpha value is -2.77. The molecule has 2 heterocycles. The van der Waals surface area contributed by atoms with Crippen LogP contribution in [0.4, 0.5) is 4.79 Å². The lowest BCUT2D eigenvalue weighted by Gasteiger charge is -2.31. The van der Waals surface area contributed by atoms with E-state index in [-0.39, 0.29) is 42.1 Å². The monoisotopic (exact) mass is 431 g/mol. The van der Waals surface area contributed by atoms with E-state index in [4.69, 9.17) is 9.47 Å². The van der Waals surface area contributed by atoms with Gasteiger partial charge in [0.1, 0.15) is 17.5 Å². The summed E-state index contributed by atoms with van der Waals surface area (Å²) in [5, 5.41) is 0. The Labute approximate surface area is 184 Å². The third-order valence-electron chi connectivity index (χ3n) is 5.68. The third-order valence-corrected chi connectivity index (χ3v) is 5.68. The SMILES string of the molecule is COc1cc(CC(=O)N2CC3C(=O)N(CC(C)C)C(=O)N3CC(C)(C)C2)cc(OC)c1. The van der Waals surface area contributed by atoms with Crippen LogP contribution in [0, 0.1) is 11.3 Å². The molecule has 8 heteroatoms. The highest BCUT2D eigenvalue weighted by atomic mass is 16.5. The molecule has 170 valence electrons. The molecule has 0 saturated carbocycles. The van der Waals surface area contributed by atoms with Crippen LogP contribution >= 0.6 is 0 Å². The molecule has 2 aliphatic heterocycles. The van der Waals surface area contributed by atoms with Gasteiger partial charge in [-0.3, -0.25) is 14.5 Å². The molecule has 0 spiro atoms. The first-order valence-electron chi connectivity index (χ1n) is 10.7. The maximum Gasteiger partial charge on any atom is 0.327 e. The van der Waals surface area contributed by atoms with Crippen LogP contribution in [0.2, 0.25) is 0 Å². The van der Waals surface area contributed by atoms with Crippen molar-refractivity contribution in [1.29, 1.82) is 0 Å². The van der Waals surface area contributed by atoms with Crippen molar-refractivity contribution in [3.63, 3.8) is 0 Å². The number of fused-ring (bicyclic) bond motifs is 1. The number of nitrogens with zero attached hydrogens (tertiary/aromatic N) is 3. The number of benzene rings is 1. The number of methoxy groups -OCH3 is 2. The summed E-state index contributed by atoms with van der Waals surface area (Å²) in [7, 11) is 3.13. The molecule has 8 nitrogen and oxygen atoms in total. The number of hydrogen-bond donors (Lipinski definition) is 0. The summed E-state index contributed by atoms with van der Waals surface area (Å²) in [4.78, 5) is 43.9. The highest BCUT2D eigenvalue weighted by Gasteiger charge is 2.50. The standard InChI is InChI=1S/C23H33N3O5/c1-15(2)11-25-21(28)19-12-24(13-23(3,4)14-26(19)22(25)29)20(27)9-16-7-17(30-5)10-18(8-16)31-6/h7-8,10,15,19H,9,11-14H2,1-6H3. The second-order valence-corrected chi connectivity index (χ2v) is 9.61. The average molecular weight is 432 g/mol. The Kier molecular flexibility index (Phi) is 6.48. The minimum absolute atomic E-state index is 0.0900. The van der Waals surface area contributed by atoms with Gasteiger partial charge < -0.3 is 19.3 Å². The first kappa shape index (κ1) is 22.9.